The van der Waals surface area contributed by atoms with Crippen LogP contribution < -0.4 is 0 Å². The van der Waals surface area contributed by atoms with Crippen LogP contribution in [-0.4, -0.2) is 23.0 Å². The second kappa shape index (κ2) is 5.26. The minimum Gasteiger partial charge on any atom is -0.298 e. The average molecular weight is 245 g/mol. The Balaban J connectivity index is 2.11. The van der Waals surface area contributed by atoms with Crippen molar-refractivity contribution in [3.05, 3.63) is 29.4 Å². The van der Waals surface area contributed by atoms with Crippen LogP contribution in [0, 0.1) is 11.3 Å². The summed E-state index contributed by atoms with van der Waals surface area (Å²) in [5.74, 6) is 0. The van der Waals surface area contributed by atoms with Crippen molar-refractivity contribution in [3.63, 3.8) is 0 Å². The van der Waals surface area contributed by atoms with Crippen LogP contribution in [0.15, 0.2) is 24.5 Å². The Bertz CT molecular complexity index is 508. The van der Waals surface area contributed by atoms with Gasteiger partial charge in [0.15, 0.2) is 0 Å². The molecule has 0 N–H and O–H groups in total. The minimum atomic E-state index is 0.295. The molecule has 0 aliphatic heterocycles. The Morgan fingerprint density at radius 3 is 3.12 bits per heavy atom. The van der Waals surface area contributed by atoms with Crippen LogP contribution >= 0.6 is 11.3 Å². The number of pyridine rings is 1. The third-order valence-corrected chi connectivity index (χ3v) is 3.99. The maximum absolute atomic E-state index is 8.68. The van der Waals surface area contributed by atoms with Crippen molar-refractivity contribution in [2.45, 2.75) is 25.9 Å². The summed E-state index contributed by atoms with van der Waals surface area (Å²) in [7, 11) is 2.06. The summed E-state index contributed by atoms with van der Waals surface area (Å²) < 4.78 is 1.23. The highest BCUT2D eigenvalue weighted by Crippen LogP contribution is 2.25. The Labute approximate surface area is 105 Å². The molecule has 17 heavy (non-hydrogen) atoms. The van der Waals surface area contributed by atoms with Gasteiger partial charge in [0, 0.05) is 29.9 Å². The number of nitriles is 1. The molecule has 0 radical (unpaired) electrons. The van der Waals surface area contributed by atoms with Gasteiger partial charge in [-0.05, 0) is 31.5 Å². The van der Waals surface area contributed by atoms with E-state index in [0.717, 1.165) is 6.54 Å². The van der Waals surface area contributed by atoms with E-state index < -0.39 is 0 Å². The lowest BCUT2D eigenvalue weighted by Gasteiger charge is -2.21. The monoisotopic (exact) mass is 245 g/mol. The van der Waals surface area contributed by atoms with Gasteiger partial charge in [0.25, 0.3) is 0 Å². The number of hydrogen-bond donors (Lipinski definition) is 0. The van der Waals surface area contributed by atoms with Gasteiger partial charge in [0.2, 0.25) is 0 Å². The zero-order valence-corrected chi connectivity index (χ0v) is 10.9. The Kier molecular flexibility index (Phi) is 3.72. The molecular formula is C13H15N3S. The fourth-order valence-corrected chi connectivity index (χ4v) is 2.80. The summed E-state index contributed by atoms with van der Waals surface area (Å²) in [4.78, 5) is 7.65. The van der Waals surface area contributed by atoms with Crippen molar-refractivity contribution < 1.29 is 0 Å². The van der Waals surface area contributed by atoms with Gasteiger partial charge >= 0.3 is 0 Å². The summed E-state index contributed by atoms with van der Waals surface area (Å²) in [6, 6.07) is 6.75. The van der Waals surface area contributed by atoms with Crippen molar-refractivity contribution >= 4 is 21.4 Å². The van der Waals surface area contributed by atoms with Crippen LogP contribution in [-0.2, 0) is 6.54 Å². The molecule has 1 unspecified atom stereocenters. The van der Waals surface area contributed by atoms with Crippen molar-refractivity contribution in [2.24, 2.45) is 0 Å². The highest BCUT2D eigenvalue weighted by atomic mass is 32.1. The highest BCUT2D eigenvalue weighted by Gasteiger charge is 2.10. The largest absolute Gasteiger partial charge is 0.298 e. The van der Waals surface area contributed by atoms with Crippen molar-refractivity contribution in [1.82, 2.24) is 9.88 Å². The lowest BCUT2D eigenvalue weighted by molar-refractivity contribution is 0.254. The maximum Gasteiger partial charge on any atom is 0.0638 e. The molecule has 0 saturated carbocycles. The topological polar surface area (TPSA) is 39.9 Å². The number of nitrogens with zero attached hydrogens (tertiary/aromatic N) is 3. The smallest absolute Gasteiger partial charge is 0.0638 e. The molecule has 0 spiro atoms. The predicted molar refractivity (Wildman–Crippen MR) is 70.8 cm³/mol. The molecule has 2 aromatic rings. The molecular weight excluding hydrogens is 230 g/mol. The Morgan fingerprint density at radius 1 is 1.59 bits per heavy atom. The zero-order valence-electron chi connectivity index (χ0n) is 10.1. The van der Waals surface area contributed by atoms with Gasteiger partial charge in [0.05, 0.1) is 17.2 Å². The molecule has 2 heterocycles. The van der Waals surface area contributed by atoms with Gasteiger partial charge in [0.1, 0.15) is 0 Å². The fourth-order valence-electron chi connectivity index (χ4n) is 1.71. The summed E-state index contributed by atoms with van der Waals surface area (Å²) in [5, 5.41) is 9.93. The zero-order chi connectivity index (χ0) is 12.3. The van der Waals surface area contributed by atoms with Gasteiger partial charge < -0.3 is 0 Å². The molecule has 2 rings (SSSR count). The SMILES string of the molecule is CC(CC#N)N(C)Cc1cc2ccncc2s1. The lowest BCUT2D eigenvalue weighted by atomic mass is 10.2. The first kappa shape index (κ1) is 12.0. The molecule has 0 bridgehead atoms. The van der Waals surface area contributed by atoms with E-state index in [1.54, 1.807) is 11.3 Å². The second-order valence-corrected chi connectivity index (χ2v) is 5.42. The molecule has 2 aromatic heterocycles. The van der Waals surface area contributed by atoms with Crippen molar-refractivity contribution in [3.8, 4) is 6.07 Å². The quantitative estimate of drug-likeness (QED) is 0.831. The van der Waals surface area contributed by atoms with Gasteiger partial charge in [-0.3, -0.25) is 9.88 Å². The van der Waals surface area contributed by atoms with E-state index in [2.05, 4.69) is 36.0 Å². The number of aromatic nitrogens is 1. The molecule has 0 amide bonds. The number of rotatable bonds is 4. The second-order valence-electron chi connectivity index (χ2n) is 4.25. The molecule has 0 aliphatic rings. The summed E-state index contributed by atoms with van der Waals surface area (Å²) in [6.07, 6.45) is 4.30. The summed E-state index contributed by atoms with van der Waals surface area (Å²) in [6.45, 7) is 2.97. The van der Waals surface area contributed by atoms with Crippen LogP contribution in [0.4, 0.5) is 0 Å². The van der Waals surface area contributed by atoms with E-state index in [9.17, 15) is 0 Å². The van der Waals surface area contributed by atoms with Crippen LogP contribution in [0.3, 0.4) is 0 Å². The first-order valence-corrected chi connectivity index (χ1v) is 6.42. The molecule has 1 atom stereocenters. The number of hydrogen-bond acceptors (Lipinski definition) is 4. The van der Waals surface area contributed by atoms with Crippen LogP contribution in [0.5, 0.6) is 0 Å². The lowest BCUT2D eigenvalue weighted by Crippen LogP contribution is -2.27. The normalized spacial score (nSPS) is 12.8. The third kappa shape index (κ3) is 2.82. The average Bonchev–Trinajstić information content (AvgIpc) is 2.71. The maximum atomic E-state index is 8.68. The van der Waals surface area contributed by atoms with Crippen LogP contribution in [0.2, 0.25) is 0 Å². The van der Waals surface area contributed by atoms with E-state index in [4.69, 9.17) is 5.26 Å². The van der Waals surface area contributed by atoms with Crippen molar-refractivity contribution in [2.75, 3.05) is 7.05 Å². The van der Waals surface area contributed by atoms with Crippen molar-refractivity contribution in [1.29, 1.82) is 5.26 Å². The van der Waals surface area contributed by atoms with Gasteiger partial charge in [-0.15, -0.1) is 11.3 Å². The summed E-state index contributed by atoms with van der Waals surface area (Å²) >= 11 is 1.77. The molecule has 3 nitrogen and oxygen atoms in total. The van der Waals surface area contributed by atoms with E-state index >= 15 is 0 Å². The van der Waals surface area contributed by atoms with Crippen LogP contribution in [0.1, 0.15) is 18.2 Å². The van der Waals surface area contributed by atoms with Gasteiger partial charge in [-0.2, -0.15) is 5.26 Å². The number of thiophene rings is 1. The van der Waals surface area contributed by atoms with Gasteiger partial charge in [-0.1, -0.05) is 0 Å². The third-order valence-electron chi connectivity index (χ3n) is 2.92. The molecule has 0 aromatic carbocycles. The highest BCUT2D eigenvalue weighted by molar-refractivity contribution is 7.19. The molecule has 0 fully saturated rings. The van der Waals surface area contributed by atoms with E-state index in [1.807, 2.05) is 18.5 Å². The molecule has 0 saturated heterocycles. The van der Waals surface area contributed by atoms with E-state index in [1.165, 1.54) is 15.0 Å². The van der Waals surface area contributed by atoms with Crippen LogP contribution in [0.25, 0.3) is 10.1 Å². The number of fused-ring (bicyclic) bond motifs is 1. The molecule has 4 heteroatoms. The first-order valence-electron chi connectivity index (χ1n) is 5.60. The van der Waals surface area contributed by atoms with Gasteiger partial charge in [-0.25, -0.2) is 0 Å². The minimum absolute atomic E-state index is 0.295. The Hall–Kier alpha value is -1.44. The van der Waals surface area contributed by atoms with E-state index in [0.29, 0.717) is 12.5 Å². The molecule has 0 aliphatic carbocycles. The standard InChI is InChI=1S/C13H15N3S/c1-10(3-5-14)16(2)9-12-7-11-4-6-15-8-13(11)17-12/h4,6-8,10H,3,9H2,1-2H3. The first-order chi connectivity index (χ1) is 8.20. The predicted octanol–water partition coefficient (Wildman–Crippen LogP) is 3.03. The molecule has 88 valence electrons. The fraction of sp³-hybridized carbons (Fsp3) is 0.385. The summed E-state index contributed by atoms with van der Waals surface area (Å²) in [5.41, 5.74) is 0. The Morgan fingerprint density at radius 2 is 2.41 bits per heavy atom. The van der Waals surface area contributed by atoms with E-state index in [-0.39, 0.29) is 0 Å².